The Morgan fingerprint density at radius 3 is 2.65 bits per heavy atom. The normalized spacial score (nSPS) is 15.6. The predicted molar refractivity (Wildman–Crippen MR) is 108 cm³/mol. The summed E-state index contributed by atoms with van der Waals surface area (Å²) < 4.78 is 10.8. The lowest BCUT2D eigenvalue weighted by molar-refractivity contribution is -0.144. The zero-order chi connectivity index (χ0) is 18.9. The number of thioether (sulfide) groups is 1. The van der Waals surface area contributed by atoms with E-state index in [-0.39, 0.29) is 24.8 Å². The van der Waals surface area contributed by atoms with Crippen molar-refractivity contribution >= 4 is 46.3 Å². The number of benzene rings is 1. The van der Waals surface area contributed by atoms with E-state index in [0.29, 0.717) is 15.8 Å². The highest BCUT2D eigenvalue weighted by molar-refractivity contribution is 8.26. The van der Waals surface area contributed by atoms with Crippen LogP contribution in [0.4, 0.5) is 0 Å². The SMILES string of the molecule is CCCCCOC(=O)CCN1C(=O)/C(=C\c2ccc(OC)cc2)SC1=S. The number of rotatable bonds is 9. The number of hydrogen-bond donors (Lipinski definition) is 0. The predicted octanol–water partition coefficient (Wildman–Crippen LogP) is 4.02. The highest BCUT2D eigenvalue weighted by Gasteiger charge is 2.32. The highest BCUT2D eigenvalue weighted by atomic mass is 32.2. The van der Waals surface area contributed by atoms with Gasteiger partial charge in [0, 0.05) is 6.54 Å². The molecule has 1 saturated heterocycles. The third-order valence-electron chi connectivity index (χ3n) is 3.84. The molecule has 1 aliphatic heterocycles. The summed E-state index contributed by atoms with van der Waals surface area (Å²) in [5, 5.41) is 0. The number of thiocarbonyl (C=S) groups is 1. The van der Waals surface area contributed by atoms with Crippen molar-refractivity contribution in [2.24, 2.45) is 0 Å². The maximum Gasteiger partial charge on any atom is 0.307 e. The second-order valence-corrected chi connectivity index (χ2v) is 7.46. The van der Waals surface area contributed by atoms with Crippen molar-refractivity contribution in [3.8, 4) is 5.75 Å². The van der Waals surface area contributed by atoms with Crippen LogP contribution >= 0.6 is 24.0 Å². The highest BCUT2D eigenvalue weighted by Crippen LogP contribution is 2.32. The molecule has 0 spiro atoms. The number of ether oxygens (including phenoxy) is 2. The lowest BCUT2D eigenvalue weighted by Gasteiger charge is -2.13. The van der Waals surface area contributed by atoms with Gasteiger partial charge in [-0.2, -0.15) is 0 Å². The fourth-order valence-electron chi connectivity index (χ4n) is 2.36. The molecule has 0 saturated carbocycles. The van der Waals surface area contributed by atoms with E-state index in [9.17, 15) is 9.59 Å². The second kappa shape index (κ2) is 10.3. The number of esters is 1. The van der Waals surface area contributed by atoms with Crippen LogP contribution in [0.2, 0.25) is 0 Å². The number of amides is 1. The van der Waals surface area contributed by atoms with Crippen molar-refractivity contribution in [1.29, 1.82) is 0 Å². The van der Waals surface area contributed by atoms with Gasteiger partial charge in [0.1, 0.15) is 10.1 Å². The van der Waals surface area contributed by atoms with Crippen molar-refractivity contribution in [2.45, 2.75) is 32.6 Å². The number of methoxy groups -OCH3 is 1. The van der Waals surface area contributed by atoms with E-state index in [0.717, 1.165) is 30.6 Å². The van der Waals surface area contributed by atoms with Crippen LogP contribution < -0.4 is 4.74 Å². The van der Waals surface area contributed by atoms with Gasteiger partial charge in [-0.1, -0.05) is 55.9 Å². The van der Waals surface area contributed by atoms with E-state index in [1.807, 2.05) is 24.3 Å². The molecule has 7 heteroatoms. The van der Waals surface area contributed by atoms with E-state index in [4.69, 9.17) is 21.7 Å². The Hall–Kier alpha value is -1.86. The molecular formula is C19H23NO4S2. The minimum Gasteiger partial charge on any atom is -0.497 e. The Morgan fingerprint density at radius 1 is 1.27 bits per heavy atom. The number of unbranched alkanes of at least 4 members (excludes halogenated alkanes) is 2. The Kier molecular flexibility index (Phi) is 8.12. The first kappa shape index (κ1) is 20.5. The van der Waals surface area contributed by atoms with Crippen molar-refractivity contribution < 1.29 is 19.1 Å². The molecule has 0 aromatic heterocycles. The number of carbonyl (C=O) groups excluding carboxylic acids is 2. The molecule has 1 aromatic rings. The number of carbonyl (C=O) groups is 2. The third kappa shape index (κ3) is 5.85. The standard InChI is InChI=1S/C19H23NO4S2/c1-3-4-5-12-24-17(21)10-11-20-18(22)16(26-19(20)25)13-14-6-8-15(23-2)9-7-14/h6-9,13H,3-5,10-12H2,1-2H3/b16-13+. The molecule has 0 bridgehead atoms. The zero-order valence-corrected chi connectivity index (χ0v) is 16.7. The van der Waals surface area contributed by atoms with Gasteiger partial charge in [-0.3, -0.25) is 14.5 Å². The minimum absolute atomic E-state index is 0.147. The molecule has 0 atom stereocenters. The van der Waals surface area contributed by atoms with Gasteiger partial charge in [0.05, 0.1) is 25.0 Å². The van der Waals surface area contributed by atoms with Crippen LogP contribution in [0.15, 0.2) is 29.2 Å². The first-order valence-electron chi connectivity index (χ1n) is 8.60. The number of hydrogen-bond acceptors (Lipinski definition) is 6. The molecule has 0 unspecified atom stereocenters. The topological polar surface area (TPSA) is 55.8 Å². The summed E-state index contributed by atoms with van der Waals surface area (Å²) in [5.74, 6) is 0.288. The van der Waals surface area contributed by atoms with E-state index < -0.39 is 0 Å². The first-order chi connectivity index (χ1) is 12.5. The summed E-state index contributed by atoms with van der Waals surface area (Å²) in [7, 11) is 1.61. The van der Waals surface area contributed by atoms with Gasteiger partial charge >= 0.3 is 5.97 Å². The summed E-state index contributed by atoms with van der Waals surface area (Å²) in [6, 6.07) is 7.42. The van der Waals surface area contributed by atoms with Gasteiger partial charge in [-0.15, -0.1) is 0 Å². The molecule has 1 heterocycles. The quantitative estimate of drug-likeness (QED) is 0.273. The maximum absolute atomic E-state index is 12.5. The summed E-state index contributed by atoms with van der Waals surface area (Å²) in [6.07, 6.45) is 4.93. The van der Waals surface area contributed by atoms with Gasteiger partial charge in [-0.25, -0.2) is 0 Å². The average Bonchev–Trinajstić information content (AvgIpc) is 2.91. The van der Waals surface area contributed by atoms with Crippen molar-refractivity contribution in [3.63, 3.8) is 0 Å². The Labute approximate surface area is 163 Å². The van der Waals surface area contributed by atoms with Crippen molar-refractivity contribution in [3.05, 3.63) is 34.7 Å². The van der Waals surface area contributed by atoms with E-state index >= 15 is 0 Å². The van der Waals surface area contributed by atoms with Crippen LogP contribution in [0.25, 0.3) is 6.08 Å². The third-order valence-corrected chi connectivity index (χ3v) is 5.22. The maximum atomic E-state index is 12.5. The fraction of sp³-hybridized carbons (Fsp3) is 0.421. The van der Waals surface area contributed by atoms with Crippen LogP contribution in [0.3, 0.4) is 0 Å². The molecule has 1 aliphatic rings. The molecule has 1 fully saturated rings. The van der Waals surface area contributed by atoms with Crippen molar-refractivity contribution in [2.75, 3.05) is 20.3 Å². The zero-order valence-electron chi connectivity index (χ0n) is 15.0. The molecule has 140 valence electrons. The molecule has 0 aliphatic carbocycles. The van der Waals surface area contributed by atoms with Gasteiger partial charge in [0.15, 0.2) is 0 Å². The minimum atomic E-state index is -0.297. The van der Waals surface area contributed by atoms with E-state index in [1.165, 1.54) is 16.7 Å². The van der Waals surface area contributed by atoms with Crippen molar-refractivity contribution in [1.82, 2.24) is 4.90 Å². The molecule has 0 radical (unpaired) electrons. The fourth-order valence-corrected chi connectivity index (χ4v) is 3.67. The first-order valence-corrected chi connectivity index (χ1v) is 9.82. The molecule has 26 heavy (non-hydrogen) atoms. The van der Waals surface area contributed by atoms with Gasteiger partial charge in [0.2, 0.25) is 0 Å². The lowest BCUT2D eigenvalue weighted by atomic mass is 10.2. The second-order valence-electron chi connectivity index (χ2n) is 5.78. The van der Waals surface area contributed by atoms with Crippen LogP contribution in [-0.2, 0) is 14.3 Å². The van der Waals surface area contributed by atoms with Crippen LogP contribution in [0.5, 0.6) is 5.75 Å². The van der Waals surface area contributed by atoms with Crippen LogP contribution in [-0.4, -0.2) is 41.4 Å². The summed E-state index contributed by atoms with van der Waals surface area (Å²) >= 11 is 6.53. The monoisotopic (exact) mass is 393 g/mol. The Bertz CT molecular complexity index is 685. The summed E-state index contributed by atoms with van der Waals surface area (Å²) in [4.78, 5) is 26.3. The van der Waals surface area contributed by atoms with Crippen LogP contribution in [0, 0.1) is 0 Å². The molecule has 1 amide bonds. The smallest absolute Gasteiger partial charge is 0.307 e. The molecule has 0 N–H and O–H groups in total. The molecule has 5 nitrogen and oxygen atoms in total. The van der Waals surface area contributed by atoms with Gasteiger partial charge < -0.3 is 9.47 Å². The Morgan fingerprint density at radius 2 is 2.00 bits per heavy atom. The van der Waals surface area contributed by atoms with E-state index in [1.54, 1.807) is 13.2 Å². The molecule has 1 aromatic carbocycles. The summed E-state index contributed by atoms with van der Waals surface area (Å²) in [5.41, 5.74) is 0.890. The van der Waals surface area contributed by atoms with Crippen LogP contribution in [0.1, 0.15) is 38.2 Å². The Balaban J connectivity index is 1.89. The lowest BCUT2D eigenvalue weighted by Crippen LogP contribution is -2.30. The number of nitrogens with zero attached hydrogens (tertiary/aromatic N) is 1. The average molecular weight is 394 g/mol. The van der Waals surface area contributed by atoms with Gasteiger partial charge in [-0.05, 0) is 30.2 Å². The summed E-state index contributed by atoms with van der Waals surface area (Å²) in [6.45, 7) is 2.77. The largest absolute Gasteiger partial charge is 0.497 e. The molecular weight excluding hydrogens is 370 g/mol. The molecule has 2 rings (SSSR count). The van der Waals surface area contributed by atoms with E-state index in [2.05, 4.69) is 6.92 Å². The van der Waals surface area contributed by atoms with Gasteiger partial charge in [0.25, 0.3) is 5.91 Å².